The molecule has 4 rings (SSSR count). The number of hydrogen-bond donors (Lipinski definition) is 1. The quantitative estimate of drug-likeness (QED) is 0.553. The smallest absolute Gasteiger partial charge is 0.227 e. The van der Waals surface area contributed by atoms with Crippen LogP contribution in [0.4, 0.5) is 0 Å². The largest absolute Gasteiger partial charge is 0.508 e. The molecule has 0 unspecified atom stereocenters. The highest BCUT2D eigenvalue weighted by atomic mass is 35.5. The number of fused-ring (bicyclic) bond motifs is 1. The lowest BCUT2D eigenvalue weighted by Crippen LogP contribution is -2.01. The third-order valence-corrected chi connectivity index (χ3v) is 5.93. The summed E-state index contributed by atoms with van der Waals surface area (Å²) in [5, 5.41) is 9.83. The monoisotopic (exact) mass is 385 g/mol. The first-order valence-corrected chi connectivity index (χ1v) is 9.50. The van der Waals surface area contributed by atoms with Gasteiger partial charge in [-0.2, -0.15) is 0 Å². The lowest BCUT2D eigenvalue weighted by molar-refractivity contribution is 0.475. The Labute approximate surface area is 154 Å². The van der Waals surface area contributed by atoms with Crippen molar-refractivity contribution in [3.63, 3.8) is 0 Å². The van der Waals surface area contributed by atoms with Crippen molar-refractivity contribution >= 4 is 32.5 Å². The van der Waals surface area contributed by atoms with Crippen molar-refractivity contribution in [2.45, 2.75) is 9.79 Å². The predicted molar refractivity (Wildman–Crippen MR) is 98.0 cm³/mol. The molecule has 0 amide bonds. The van der Waals surface area contributed by atoms with E-state index in [1.165, 1.54) is 48.5 Å². The van der Waals surface area contributed by atoms with E-state index in [9.17, 15) is 13.5 Å². The Bertz CT molecular complexity index is 1200. The highest BCUT2D eigenvalue weighted by Crippen LogP contribution is 2.29. The van der Waals surface area contributed by atoms with E-state index >= 15 is 0 Å². The van der Waals surface area contributed by atoms with E-state index in [1.54, 1.807) is 18.2 Å². The van der Waals surface area contributed by atoms with Gasteiger partial charge in [-0.3, -0.25) is 0 Å². The van der Waals surface area contributed by atoms with Crippen LogP contribution in [0.2, 0.25) is 5.02 Å². The molecule has 5 nitrogen and oxygen atoms in total. The molecule has 26 heavy (non-hydrogen) atoms. The predicted octanol–water partition coefficient (Wildman–Crippen LogP) is 4.69. The standard InChI is InChI=1S/C19H12ClNO4S/c20-13-3-7-15(8-4-13)26(23,24)16-9-10-17-18(11-16)25-19(21-17)12-1-5-14(22)6-2-12/h1-11,22H. The summed E-state index contributed by atoms with van der Waals surface area (Å²) < 4.78 is 31.2. The molecule has 1 aromatic heterocycles. The summed E-state index contributed by atoms with van der Waals surface area (Å²) in [4.78, 5) is 4.62. The zero-order valence-corrected chi connectivity index (χ0v) is 14.8. The highest BCUT2D eigenvalue weighted by Gasteiger charge is 2.19. The van der Waals surface area contributed by atoms with Crippen molar-refractivity contribution in [2.75, 3.05) is 0 Å². The van der Waals surface area contributed by atoms with Gasteiger partial charge in [0, 0.05) is 16.7 Å². The first-order chi connectivity index (χ1) is 12.4. The minimum absolute atomic E-state index is 0.112. The van der Waals surface area contributed by atoms with Gasteiger partial charge in [-0.15, -0.1) is 0 Å². The van der Waals surface area contributed by atoms with Crippen molar-refractivity contribution in [3.05, 3.63) is 71.8 Å². The van der Waals surface area contributed by atoms with Crippen LogP contribution in [0, 0.1) is 0 Å². The number of aromatic hydroxyl groups is 1. The molecule has 130 valence electrons. The van der Waals surface area contributed by atoms with Gasteiger partial charge < -0.3 is 9.52 Å². The Kier molecular flexibility index (Phi) is 3.94. The molecule has 0 saturated heterocycles. The summed E-state index contributed by atoms with van der Waals surface area (Å²) in [5.41, 5.74) is 1.59. The second kappa shape index (κ2) is 6.16. The third kappa shape index (κ3) is 2.94. The number of phenols is 1. The van der Waals surface area contributed by atoms with Gasteiger partial charge in [-0.25, -0.2) is 13.4 Å². The maximum absolute atomic E-state index is 12.8. The topological polar surface area (TPSA) is 80.4 Å². The summed E-state index contributed by atoms with van der Waals surface area (Å²) in [7, 11) is -3.69. The van der Waals surface area contributed by atoms with Crippen LogP contribution in [0.25, 0.3) is 22.6 Å². The van der Waals surface area contributed by atoms with Gasteiger partial charge in [0.15, 0.2) is 5.58 Å². The first kappa shape index (κ1) is 16.6. The lowest BCUT2D eigenvalue weighted by atomic mass is 10.2. The van der Waals surface area contributed by atoms with Crippen LogP contribution >= 0.6 is 11.6 Å². The molecule has 0 atom stereocenters. The van der Waals surface area contributed by atoms with Gasteiger partial charge in [0.2, 0.25) is 15.7 Å². The summed E-state index contributed by atoms with van der Waals surface area (Å²) in [6, 6.07) is 16.9. The number of hydrogen-bond acceptors (Lipinski definition) is 5. The number of oxazole rings is 1. The fourth-order valence-corrected chi connectivity index (χ4v) is 3.95. The van der Waals surface area contributed by atoms with Gasteiger partial charge in [-0.1, -0.05) is 11.6 Å². The average molecular weight is 386 g/mol. The van der Waals surface area contributed by atoms with E-state index in [4.69, 9.17) is 16.0 Å². The number of halogens is 1. The number of phenolic OH excluding ortho intramolecular Hbond substituents is 1. The Morgan fingerprint density at radius 2 is 1.54 bits per heavy atom. The molecule has 0 radical (unpaired) electrons. The van der Waals surface area contributed by atoms with Gasteiger partial charge >= 0.3 is 0 Å². The lowest BCUT2D eigenvalue weighted by Gasteiger charge is -2.04. The number of rotatable bonds is 3. The molecule has 3 aromatic carbocycles. The van der Waals surface area contributed by atoms with Gasteiger partial charge in [-0.05, 0) is 60.7 Å². The molecule has 0 bridgehead atoms. The van der Waals surface area contributed by atoms with Crippen molar-refractivity contribution in [2.24, 2.45) is 0 Å². The van der Waals surface area contributed by atoms with Gasteiger partial charge in [0.05, 0.1) is 9.79 Å². The zero-order valence-electron chi connectivity index (χ0n) is 13.3. The number of sulfone groups is 1. The normalized spacial score (nSPS) is 11.7. The summed E-state index contributed by atoms with van der Waals surface area (Å²) in [5.74, 6) is 0.488. The third-order valence-electron chi connectivity index (χ3n) is 3.91. The fourth-order valence-electron chi connectivity index (χ4n) is 2.55. The Morgan fingerprint density at radius 1 is 0.885 bits per heavy atom. The van der Waals surface area contributed by atoms with Crippen molar-refractivity contribution in [1.29, 1.82) is 0 Å². The van der Waals surface area contributed by atoms with Crippen LogP contribution in [0.1, 0.15) is 0 Å². The van der Waals surface area contributed by atoms with Crippen LogP contribution < -0.4 is 0 Å². The molecule has 0 spiro atoms. The first-order valence-electron chi connectivity index (χ1n) is 7.64. The number of benzene rings is 3. The van der Waals surface area contributed by atoms with E-state index in [2.05, 4.69) is 4.98 Å². The van der Waals surface area contributed by atoms with Crippen molar-refractivity contribution in [3.8, 4) is 17.2 Å². The molecule has 0 saturated carbocycles. The van der Waals surface area contributed by atoms with Crippen LogP contribution in [-0.4, -0.2) is 18.5 Å². The Morgan fingerprint density at radius 3 is 2.23 bits per heavy atom. The van der Waals surface area contributed by atoms with Crippen LogP contribution in [-0.2, 0) is 9.84 Å². The van der Waals surface area contributed by atoms with E-state index in [0.717, 1.165) is 0 Å². The summed E-state index contributed by atoms with van der Waals surface area (Å²) in [6.07, 6.45) is 0. The maximum atomic E-state index is 12.8. The van der Waals surface area contributed by atoms with Crippen molar-refractivity contribution in [1.82, 2.24) is 4.98 Å². The molecule has 7 heteroatoms. The van der Waals surface area contributed by atoms with E-state index in [1.807, 2.05) is 0 Å². The Hall–Kier alpha value is -2.83. The van der Waals surface area contributed by atoms with Crippen LogP contribution in [0.3, 0.4) is 0 Å². The van der Waals surface area contributed by atoms with Gasteiger partial charge in [0.25, 0.3) is 0 Å². The van der Waals surface area contributed by atoms with Crippen LogP contribution in [0.15, 0.2) is 80.9 Å². The highest BCUT2D eigenvalue weighted by molar-refractivity contribution is 7.91. The zero-order chi connectivity index (χ0) is 18.3. The molecular formula is C19H12ClNO4S. The number of aromatic nitrogens is 1. The van der Waals surface area contributed by atoms with E-state index in [0.29, 0.717) is 27.6 Å². The number of nitrogens with zero attached hydrogens (tertiary/aromatic N) is 1. The SMILES string of the molecule is O=S(=O)(c1ccc(Cl)cc1)c1ccc2nc(-c3ccc(O)cc3)oc2c1. The molecule has 1 N–H and O–H groups in total. The molecule has 0 fully saturated rings. The molecule has 1 heterocycles. The Balaban J connectivity index is 1.78. The molecule has 0 aliphatic carbocycles. The second-order valence-electron chi connectivity index (χ2n) is 5.65. The minimum atomic E-state index is -3.69. The molecule has 0 aliphatic heterocycles. The van der Waals surface area contributed by atoms with Crippen LogP contribution in [0.5, 0.6) is 5.75 Å². The van der Waals surface area contributed by atoms with Gasteiger partial charge in [0.1, 0.15) is 11.3 Å². The minimum Gasteiger partial charge on any atom is -0.508 e. The van der Waals surface area contributed by atoms with Crippen molar-refractivity contribution < 1.29 is 17.9 Å². The maximum Gasteiger partial charge on any atom is 0.227 e. The molecule has 4 aromatic rings. The molecule has 0 aliphatic rings. The average Bonchev–Trinajstić information content (AvgIpc) is 3.06. The summed E-state index contributed by atoms with van der Waals surface area (Å²) >= 11 is 5.82. The van der Waals surface area contributed by atoms with E-state index < -0.39 is 9.84 Å². The second-order valence-corrected chi connectivity index (χ2v) is 8.04. The molecular weight excluding hydrogens is 374 g/mol. The van der Waals surface area contributed by atoms with E-state index in [-0.39, 0.29) is 15.5 Å². The summed E-state index contributed by atoms with van der Waals surface area (Å²) in [6.45, 7) is 0. The fraction of sp³-hybridized carbons (Fsp3) is 0.